The molecule has 0 fully saturated rings. The van der Waals surface area contributed by atoms with Crippen LogP contribution in [0.15, 0.2) is 12.2 Å². The normalized spacial score (nSPS) is 10.9. The van der Waals surface area contributed by atoms with Crippen molar-refractivity contribution in [2.24, 2.45) is 5.73 Å². The van der Waals surface area contributed by atoms with E-state index in [2.05, 4.69) is 19.1 Å². The molecule has 0 aromatic rings. The van der Waals surface area contributed by atoms with Gasteiger partial charge in [-0.3, -0.25) is 0 Å². The fraction of sp³-hybridized carbons (Fsp3) is 0.889. The van der Waals surface area contributed by atoms with E-state index in [-0.39, 0.29) is 9.90 Å². The predicted octanol–water partition coefficient (Wildman–Crippen LogP) is 6.04. The van der Waals surface area contributed by atoms with Gasteiger partial charge in [-0.15, -0.1) is 0 Å². The first-order chi connectivity index (χ1) is 9.41. The first-order valence-electron chi connectivity index (χ1n) is 8.77. The molecule has 20 heavy (non-hydrogen) atoms. The Morgan fingerprint density at radius 1 is 0.600 bits per heavy atom. The van der Waals surface area contributed by atoms with Crippen molar-refractivity contribution >= 4 is 9.90 Å². The summed E-state index contributed by atoms with van der Waals surface area (Å²) >= 11 is 0. The Hall–Kier alpha value is 0.130. The zero-order valence-corrected chi connectivity index (χ0v) is 15.5. The molecular formula is C18H40NP. The highest BCUT2D eigenvalue weighted by Gasteiger charge is 1.90. The highest BCUT2D eigenvalue weighted by Crippen LogP contribution is 2.09. The van der Waals surface area contributed by atoms with E-state index in [9.17, 15) is 0 Å². The molecule has 0 bridgehead atoms. The largest absolute Gasteiger partial charge is 0.330 e. The fourth-order valence-electron chi connectivity index (χ4n) is 2.39. The molecule has 0 aliphatic heterocycles. The summed E-state index contributed by atoms with van der Waals surface area (Å²) in [7, 11) is 0. The summed E-state index contributed by atoms with van der Waals surface area (Å²) in [6.45, 7) is 3.14. The molecule has 0 rings (SSSR count). The molecule has 0 aliphatic carbocycles. The first kappa shape index (κ1) is 22.4. The van der Waals surface area contributed by atoms with E-state index in [0.717, 1.165) is 6.54 Å². The summed E-state index contributed by atoms with van der Waals surface area (Å²) in [6.07, 6.45) is 23.9. The van der Waals surface area contributed by atoms with Crippen LogP contribution in [0.5, 0.6) is 0 Å². The lowest BCUT2D eigenvalue weighted by Crippen LogP contribution is -1.97. The van der Waals surface area contributed by atoms with Crippen LogP contribution in [0.1, 0.15) is 96.8 Å². The van der Waals surface area contributed by atoms with Gasteiger partial charge >= 0.3 is 0 Å². The number of nitrogens with two attached hydrogens (primary N) is 1. The van der Waals surface area contributed by atoms with Gasteiger partial charge in [-0.05, 0) is 38.6 Å². The summed E-state index contributed by atoms with van der Waals surface area (Å²) in [5.41, 5.74) is 5.47. The Labute approximate surface area is 131 Å². The van der Waals surface area contributed by atoms with E-state index in [1.807, 2.05) is 0 Å². The van der Waals surface area contributed by atoms with Crippen molar-refractivity contribution < 1.29 is 0 Å². The quantitative estimate of drug-likeness (QED) is 0.223. The van der Waals surface area contributed by atoms with E-state index in [4.69, 9.17) is 5.73 Å². The van der Waals surface area contributed by atoms with Crippen molar-refractivity contribution in [3.8, 4) is 0 Å². The van der Waals surface area contributed by atoms with Crippen molar-refractivity contribution in [3.63, 3.8) is 0 Å². The number of hydrogen-bond donors (Lipinski definition) is 1. The van der Waals surface area contributed by atoms with Gasteiger partial charge in [0.1, 0.15) is 0 Å². The third-order valence-corrected chi connectivity index (χ3v) is 3.72. The molecule has 0 saturated heterocycles. The SMILES string of the molecule is CCCCCCCC/C=C\CCCCCCCCN.P. The lowest BCUT2D eigenvalue weighted by atomic mass is 10.1. The van der Waals surface area contributed by atoms with Crippen LogP contribution in [0.3, 0.4) is 0 Å². The summed E-state index contributed by atoms with van der Waals surface area (Å²) in [4.78, 5) is 0. The molecule has 0 amide bonds. The van der Waals surface area contributed by atoms with Crippen LogP contribution in [-0.4, -0.2) is 6.54 Å². The Balaban J connectivity index is 0. The Bertz CT molecular complexity index is 180. The minimum absolute atomic E-state index is 0. The van der Waals surface area contributed by atoms with Gasteiger partial charge in [0.15, 0.2) is 0 Å². The first-order valence-corrected chi connectivity index (χ1v) is 8.77. The van der Waals surface area contributed by atoms with Gasteiger partial charge in [-0.2, -0.15) is 9.90 Å². The third kappa shape index (κ3) is 20.4. The van der Waals surface area contributed by atoms with Crippen molar-refractivity contribution in [2.45, 2.75) is 96.8 Å². The van der Waals surface area contributed by atoms with Crippen LogP contribution in [-0.2, 0) is 0 Å². The topological polar surface area (TPSA) is 26.0 Å². The molecule has 0 spiro atoms. The lowest BCUT2D eigenvalue weighted by Gasteiger charge is -1.99. The van der Waals surface area contributed by atoms with Gasteiger partial charge in [-0.25, -0.2) is 0 Å². The second-order valence-corrected chi connectivity index (χ2v) is 5.73. The van der Waals surface area contributed by atoms with E-state index in [0.29, 0.717) is 0 Å². The van der Waals surface area contributed by atoms with Crippen LogP contribution < -0.4 is 5.73 Å². The van der Waals surface area contributed by atoms with Crippen LogP contribution in [0.2, 0.25) is 0 Å². The van der Waals surface area contributed by atoms with E-state index >= 15 is 0 Å². The van der Waals surface area contributed by atoms with Gasteiger partial charge < -0.3 is 5.73 Å². The molecule has 122 valence electrons. The zero-order valence-electron chi connectivity index (χ0n) is 14.0. The molecule has 2 N–H and O–H groups in total. The van der Waals surface area contributed by atoms with Crippen LogP contribution in [0.25, 0.3) is 0 Å². The maximum atomic E-state index is 5.47. The Morgan fingerprint density at radius 2 is 1.00 bits per heavy atom. The number of hydrogen-bond acceptors (Lipinski definition) is 1. The molecular weight excluding hydrogens is 261 g/mol. The molecule has 0 radical (unpaired) electrons. The van der Waals surface area contributed by atoms with Crippen LogP contribution >= 0.6 is 9.90 Å². The predicted molar refractivity (Wildman–Crippen MR) is 99.6 cm³/mol. The van der Waals surface area contributed by atoms with Crippen LogP contribution in [0.4, 0.5) is 0 Å². The summed E-state index contributed by atoms with van der Waals surface area (Å²) in [5, 5.41) is 0. The molecule has 1 nitrogen and oxygen atoms in total. The van der Waals surface area contributed by atoms with Gasteiger partial charge in [0.05, 0.1) is 0 Å². The van der Waals surface area contributed by atoms with Crippen molar-refractivity contribution in [1.82, 2.24) is 0 Å². The number of rotatable bonds is 15. The number of unbranched alkanes of at least 4 members (excludes halogenated alkanes) is 12. The van der Waals surface area contributed by atoms with E-state index < -0.39 is 0 Å². The number of allylic oxidation sites excluding steroid dienone is 2. The average Bonchev–Trinajstić information content (AvgIpc) is 2.43. The summed E-state index contributed by atoms with van der Waals surface area (Å²) < 4.78 is 0. The zero-order chi connectivity index (χ0) is 14.0. The molecule has 0 aromatic carbocycles. The second kappa shape index (κ2) is 21.4. The van der Waals surface area contributed by atoms with Crippen molar-refractivity contribution in [2.75, 3.05) is 6.54 Å². The summed E-state index contributed by atoms with van der Waals surface area (Å²) in [5.74, 6) is 0. The van der Waals surface area contributed by atoms with E-state index in [1.54, 1.807) is 0 Å². The smallest absolute Gasteiger partial charge is 0.00773 e. The minimum Gasteiger partial charge on any atom is -0.330 e. The van der Waals surface area contributed by atoms with Gasteiger partial charge in [-0.1, -0.05) is 76.9 Å². The molecule has 0 aromatic heterocycles. The van der Waals surface area contributed by atoms with Gasteiger partial charge in [0.2, 0.25) is 0 Å². The molecule has 1 atom stereocenters. The van der Waals surface area contributed by atoms with Crippen LogP contribution in [0, 0.1) is 0 Å². The maximum absolute atomic E-state index is 5.47. The Morgan fingerprint density at radius 3 is 1.45 bits per heavy atom. The standard InChI is InChI=1S/C18H37N.H3P/c1-2-3-4-5-6-7-8-9-10-11-12-13-14-15-16-17-18-19;/h9-10H,2-8,11-19H2,1H3;1H3/b10-9-;. The minimum atomic E-state index is 0. The van der Waals surface area contributed by atoms with Crippen molar-refractivity contribution in [3.05, 3.63) is 12.2 Å². The fourth-order valence-corrected chi connectivity index (χ4v) is 2.39. The average molecular weight is 301 g/mol. The molecule has 0 heterocycles. The maximum Gasteiger partial charge on any atom is -0.00773 e. The molecule has 0 saturated carbocycles. The highest BCUT2D eigenvalue weighted by molar-refractivity contribution is 6.92. The molecule has 1 unspecified atom stereocenters. The summed E-state index contributed by atoms with van der Waals surface area (Å²) in [6, 6.07) is 0. The molecule has 2 heteroatoms. The lowest BCUT2D eigenvalue weighted by molar-refractivity contribution is 0.599. The highest BCUT2D eigenvalue weighted by atomic mass is 31.0. The Kier molecular flexibility index (Phi) is 24.0. The van der Waals surface area contributed by atoms with Gasteiger partial charge in [0, 0.05) is 0 Å². The van der Waals surface area contributed by atoms with E-state index in [1.165, 1.54) is 89.9 Å². The van der Waals surface area contributed by atoms with Crippen molar-refractivity contribution in [1.29, 1.82) is 0 Å². The molecule has 0 aliphatic rings. The monoisotopic (exact) mass is 301 g/mol. The second-order valence-electron chi connectivity index (χ2n) is 5.73. The van der Waals surface area contributed by atoms with Gasteiger partial charge in [0.25, 0.3) is 0 Å². The third-order valence-electron chi connectivity index (χ3n) is 3.72.